The molecule has 0 aliphatic carbocycles. The molecule has 2 N–H and O–H groups in total. The third kappa shape index (κ3) is 2.22. The topological polar surface area (TPSA) is 51.8 Å². The highest BCUT2D eigenvalue weighted by Gasteiger charge is 2.07. The molecule has 0 saturated carbocycles. The molecule has 1 heterocycles. The van der Waals surface area contributed by atoms with Crippen LogP contribution in [0.2, 0.25) is 0 Å². The van der Waals surface area contributed by atoms with Gasteiger partial charge in [0.05, 0.1) is 0 Å². The Kier molecular flexibility index (Phi) is 3.08. The average Bonchev–Trinajstić information content (AvgIpc) is 2.68. The Balaban J connectivity index is 2.33. The Morgan fingerprint density at radius 2 is 2.07 bits per heavy atom. The van der Waals surface area contributed by atoms with Crippen molar-refractivity contribution in [1.82, 2.24) is 10.2 Å². The molecule has 0 aliphatic rings. The predicted molar refractivity (Wildman–Crippen MR) is 62.8 cm³/mol. The zero-order valence-electron chi connectivity index (χ0n) is 8.60. The summed E-state index contributed by atoms with van der Waals surface area (Å²) in [6.07, 6.45) is 0.809. The van der Waals surface area contributed by atoms with Gasteiger partial charge >= 0.3 is 0 Å². The molecule has 0 fully saturated rings. The monoisotopic (exact) mass is 219 g/mol. The molecule has 2 rings (SSSR count). The van der Waals surface area contributed by atoms with Gasteiger partial charge in [-0.05, 0) is 19.0 Å². The highest BCUT2D eigenvalue weighted by Crippen LogP contribution is 2.26. The van der Waals surface area contributed by atoms with Crippen molar-refractivity contribution in [3.05, 3.63) is 34.8 Å². The largest absolute Gasteiger partial charge is 0.330 e. The summed E-state index contributed by atoms with van der Waals surface area (Å²) < 4.78 is 0. The second-order valence-corrected chi connectivity index (χ2v) is 4.42. The fourth-order valence-electron chi connectivity index (χ4n) is 1.40. The molecule has 15 heavy (non-hydrogen) atoms. The Bertz CT molecular complexity index is 451. The third-order valence-corrected chi connectivity index (χ3v) is 3.22. The van der Waals surface area contributed by atoms with Gasteiger partial charge in [0, 0.05) is 12.0 Å². The van der Waals surface area contributed by atoms with Crippen molar-refractivity contribution in [2.24, 2.45) is 5.73 Å². The fourth-order valence-corrected chi connectivity index (χ4v) is 2.35. The van der Waals surface area contributed by atoms with Gasteiger partial charge in [-0.2, -0.15) is 0 Å². The van der Waals surface area contributed by atoms with E-state index < -0.39 is 0 Å². The van der Waals surface area contributed by atoms with Gasteiger partial charge in [0.25, 0.3) is 0 Å². The van der Waals surface area contributed by atoms with Crippen LogP contribution < -0.4 is 5.73 Å². The van der Waals surface area contributed by atoms with E-state index in [1.165, 1.54) is 11.1 Å². The van der Waals surface area contributed by atoms with Gasteiger partial charge in [-0.3, -0.25) is 0 Å². The quantitative estimate of drug-likeness (QED) is 0.859. The lowest BCUT2D eigenvalue weighted by atomic mass is 10.1. The molecule has 78 valence electrons. The summed E-state index contributed by atoms with van der Waals surface area (Å²) in [6, 6.07) is 8.20. The summed E-state index contributed by atoms with van der Waals surface area (Å²) in [4.78, 5) is 0. The van der Waals surface area contributed by atoms with Crippen LogP contribution in [0.4, 0.5) is 0 Å². The summed E-state index contributed by atoms with van der Waals surface area (Å²) in [5.41, 5.74) is 7.87. The van der Waals surface area contributed by atoms with Crippen LogP contribution in [0.3, 0.4) is 0 Å². The van der Waals surface area contributed by atoms with Crippen LogP contribution in [0.25, 0.3) is 10.6 Å². The van der Waals surface area contributed by atoms with E-state index in [4.69, 9.17) is 5.73 Å². The second kappa shape index (κ2) is 4.51. The summed E-state index contributed by atoms with van der Waals surface area (Å²) in [5, 5.41) is 10.3. The van der Waals surface area contributed by atoms with Crippen molar-refractivity contribution in [2.45, 2.75) is 13.3 Å². The zero-order chi connectivity index (χ0) is 10.7. The van der Waals surface area contributed by atoms with E-state index in [2.05, 4.69) is 29.3 Å². The normalized spacial score (nSPS) is 10.5. The van der Waals surface area contributed by atoms with E-state index in [9.17, 15) is 0 Å². The van der Waals surface area contributed by atoms with E-state index in [0.29, 0.717) is 6.54 Å². The molecular formula is C11H13N3S. The van der Waals surface area contributed by atoms with E-state index in [1.54, 1.807) is 11.3 Å². The van der Waals surface area contributed by atoms with Crippen molar-refractivity contribution in [2.75, 3.05) is 6.54 Å². The van der Waals surface area contributed by atoms with Crippen molar-refractivity contribution in [3.8, 4) is 10.6 Å². The van der Waals surface area contributed by atoms with Crippen LogP contribution in [0.15, 0.2) is 24.3 Å². The maximum absolute atomic E-state index is 5.48. The maximum atomic E-state index is 5.48. The van der Waals surface area contributed by atoms with Gasteiger partial charge in [-0.15, -0.1) is 10.2 Å². The lowest BCUT2D eigenvalue weighted by Gasteiger charge is -1.98. The molecule has 0 amide bonds. The number of aromatic nitrogens is 2. The minimum absolute atomic E-state index is 0.627. The Hall–Kier alpha value is -1.26. The van der Waals surface area contributed by atoms with E-state index in [0.717, 1.165) is 16.4 Å². The van der Waals surface area contributed by atoms with E-state index in [-0.39, 0.29) is 0 Å². The number of aryl methyl sites for hydroxylation is 1. The highest BCUT2D eigenvalue weighted by atomic mass is 32.1. The first-order chi connectivity index (χ1) is 7.31. The van der Waals surface area contributed by atoms with Crippen LogP contribution in [0.1, 0.15) is 10.6 Å². The number of hydrogen-bond acceptors (Lipinski definition) is 4. The third-order valence-electron chi connectivity index (χ3n) is 2.20. The molecule has 0 atom stereocenters. The van der Waals surface area contributed by atoms with Crippen molar-refractivity contribution in [3.63, 3.8) is 0 Å². The summed E-state index contributed by atoms with van der Waals surface area (Å²) >= 11 is 1.62. The van der Waals surface area contributed by atoms with Crippen molar-refractivity contribution in [1.29, 1.82) is 0 Å². The SMILES string of the molecule is Cc1ccccc1-c1nnc(CCN)s1. The molecule has 0 saturated heterocycles. The van der Waals surface area contributed by atoms with Gasteiger partial charge in [-0.25, -0.2) is 0 Å². The lowest BCUT2D eigenvalue weighted by Crippen LogP contribution is -2.01. The number of nitrogens with zero attached hydrogens (tertiary/aromatic N) is 2. The molecule has 2 aromatic rings. The Labute approximate surface area is 93.0 Å². The molecule has 0 aliphatic heterocycles. The maximum Gasteiger partial charge on any atom is 0.148 e. The second-order valence-electron chi connectivity index (χ2n) is 3.35. The van der Waals surface area contributed by atoms with Gasteiger partial charge in [0.1, 0.15) is 10.0 Å². The van der Waals surface area contributed by atoms with Crippen LogP contribution >= 0.6 is 11.3 Å². The first-order valence-electron chi connectivity index (χ1n) is 4.89. The van der Waals surface area contributed by atoms with Crippen LogP contribution in [0.5, 0.6) is 0 Å². The summed E-state index contributed by atoms with van der Waals surface area (Å²) in [6.45, 7) is 2.71. The van der Waals surface area contributed by atoms with E-state index in [1.807, 2.05) is 12.1 Å². The molecule has 3 nitrogen and oxygen atoms in total. The number of rotatable bonds is 3. The van der Waals surface area contributed by atoms with Gasteiger partial charge < -0.3 is 5.73 Å². The smallest absolute Gasteiger partial charge is 0.148 e. The van der Waals surface area contributed by atoms with Crippen molar-refractivity contribution < 1.29 is 0 Å². The standard InChI is InChI=1S/C11H13N3S/c1-8-4-2-3-5-9(8)11-14-13-10(15-11)6-7-12/h2-5H,6-7,12H2,1H3. The minimum atomic E-state index is 0.627. The first-order valence-corrected chi connectivity index (χ1v) is 5.71. The van der Waals surface area contributed by atoms with E-state index >= 15 is 0 Å². The van der Waals surface area contributed by atoms with Crippen molar-refractivity contribution >= 4 is 11.3 Å². The van der Waals surface area contributed by atoms with Gasteiger partial charge in [-0.1, -0.05) is 35.6 Å². The minimum Gasteiger partial charge on any atom is -0.330 e. The molecular weight excluding hydrogens is 206 g/mol. The first kappa shape index (κ1) is 10.3. The zero-order valence-corrected chi connectivity index (χ0v) is 9.42. The van der Waals surface area contributed by atoms with Crippen LogP contribution in [-0.2, 0) is 6.42 Å². The Morgan fingerprint density at radius 3 is 2.80 bits per heavy atom. The predicted octanol–water partition coefficient (Wildman–Crippen LogP) is 2.01. The molecule has 0 bridgehead atoms. The van der Waals surface area contributed by atoms with Gasteiger partial charge in [0.2, 0.25) is 0 Å². The summed E-state index contributed by atoms with van der Waals surface area (Å²) in [5.74, 6) is 0. The molecule has 0 unspecified atom stereocenters. The highest BCUT2D eigenvalue weighted by molar-refractivity contribution is 7.14. The molecule has 1 aromatic heterocycles. The Morgan fingerprint density at radius 1 is 1.27 bits per heavy atom. The summed E-state index contributed by atoms with van der Waals surface area (Å²) in [7, 11) is 0. The lowest BCUT2D eigenvalue weighted by molar-refractivity contribution is 0.913. The molecule has 1 aromatic carbocycles. The number of nitrogens with two attached hydrogens (primary N) is 1. The number of benzene rings is 1. The number of hydrogen-bond donors (Lipinski definition) is 1. The molecule has 0 radical (unpaired) electrons. The fraction of sp³-hybridized carbons (Fsp3) is 0.273. The average molecular weight is 219 g/mol. The van der Waals surface area contributed by atoms with Crippen LogP contribution in [-0.4, -0.2) is 16.7 Å². The molecule has 0 spiro atoms. The molecule has 4 heteroatoms. The van der Waals surface area contributed by atoms with Crippen LogP contribution in [0, 0.1) is 6.92 Å². The van der Waals surface area contributed by atoms with Gasteiger partial charge in [0.15, 0.2) is 0 Å².